The van der Waals surface area contributed by atoms with E-state index < -0.39 is 4.92 Å². The molecular formula is C19H20N2O4. The summed E-state index contributed by atoms with van der Waals surface area (Å²) < 4.78 is 5.67. The van der Waals surface area contributed by atoms with E-state index in [2.05, 4.69) is 12.2 Å². The molecule has 0 saturated carbocycles. The number of nitro benzene ring substituents is 1. The van der Waals surface area contributed by atoms with Crippen LogP contribution in [0.2, 0.25) is 0 Å². The summed E-state index contributed by atoms with van der Waals surface area (Å²) in [5.41, 5.74) is 1.32. The number of rotatable bonds is 8. The largest absolute Gasteiger partial charge is 0.491 e. The Bertz CT molecular complexity index is 754. The van der Waals surface area contributed by atoms with Crippen LogP contribution in [-0.2, 0) is 4.79 Å². The zero-order valence-electron chi connectivity index (χ0n) is 14.0. The minimum absolute atomic E-state index is 0.0137. The molecule has 25 heavy (non-hydrogen) atoms. The molecule has 0 saturated heterocycles. The maximum Gasteiger partial charge on any atom is 0.269 e. The van der Waals surface area contributed by atoms with Crippen LogP contribution in [0.4, 0.5) is 11.4 Å². The van der Waals surface area contributed by atoms with Crippen LogP contribution in [0.25, 0.3) is 6.08 Å². The van der Waals surface area contributed by atoms with Gasteiger partial charge in [-0.25, -0.2) is 0 Å². The monoisotopic (exact) mass is 340 g/mol. The number of anilines is 1. The predicted molar refractivity (Wildman–Crippen MR) is 97.6 cm³/mol. The van der Waals surface area contributed by atoms with Crippen molar-refractivity contribution in [1.82, 2.24) is 0 Å². The smallest absolute Gasteiger partial charge is 0.269 e. The van der Waals surface area contributed by atoms with Gasteiger partial charge in [0.25, 0.3) is 5.69 Å². The van der Waals surface area contributed by atoms with Gasteiger partial charge in [0.1, 0.15) is 5.75 Å². The van der Waals surface area contributed by atoms with E-state index >= 15 is 0 Å². The van der Waals surface area contributed by atoms with E-state index in [1.807, 2.05) is 18.2 Å². The van der Waals surface area contributed by atoms with Crippen LogP contribution in [0.15, 0.2) is 54.6 Å². The van der Waals surface area contributed by atoms with Gasteiger partial charge in [-0.15, -0.1) is 0 Å². The van der Waals surface area contributed by atoms with E-state index in [9.17, 15) is 14.9 Å². The molecule has 0 atom stereocenters. The van der Waals surface area contributed by atoms with Crippen molar-refractivity contribution in [1.29, 1.82) is 0 Å². The number of hydrogen-bond donors (Lipinski definition) is 1. The molecule has 0 radical (unpaired) electrons. The summed E-state index contributed by atoms with van der Waals surface area (Å²) in [4.78, 5) is 22.2. The fourth-order valence-electron chi connectivity index (χ4n) is 2.08. The number of unbranched alkanes of at least 4 members (excludes halogenated alkanes) is 1. The van der Waals surface area contributed by atoms with E-state index in [4.69, 9.17) is 4.74 Å². The third kappa shape index (κ3) is 5.76. The van der Waals surface area contributed by atoms with Crippen molar-refractivity contribution in [2.24, 2.45) is 0 Å². The van der Waals surface area contributed by atoms with E-state index in [0.29, 0.717) is 23.6 Å². The Morgan fingerprint density at radius 3 is 2.60 bits per heavy atom. The highest BCUT2D eigenvalue weighted by atomic mass is 16.6. The van der Waals surface area contributed by atoms with Gasteiger partial charge in [-0.1, -0.05) is 25.5 Å². The van der Waals surface area contributed by atoms with Crippen molar-refractivity contribution in [3.8, 4) is 5.75 Å². The normalized spacial score (nSPS) is 10.6. The lowest BCUT2D eigenvalue weighted by atomic mass is 10.2. The average molecular weight is 340 g/mol. The molecule has 0 aromatic heterocycles. The number of amides is 1. The molecule has 6 nitrogen and oxygen atoms in total. The highest BCUT2D eigenvalue weighted by Gasteiger charge is 2.06. The van der Waals surface area contributed by atoms with Crippen molar-refractivity contribution in [3.63, 3.8) is 0 Å². The number of non-ortho nitro benzene ring substituents is 1. The molecular weight excluding hydrogens is 320 g/mol. The Kier molecular flexibility index (Phi) is 6.71. The van der Waals surface area contributed by atoms with Gasteiger partial charge in [-0.05, 0) is 42.3 Å². The first-order valence-corrected chi connectivity index (χ1v) is 8.05. The van der Waals surface area contributed by atoms with Gasteiger partial charge in [-0.3, -0.25) is 14.9 Å². The fraction of sp³-hybridized carbons (Fsp3) is 0.211. The molecule has 0 aliphatic carbocycles. The van der Waals surface area contributed by atoms with Gasteiger partial charge in [0.2, 0.25) is 5.91 Å². The summed E-state index contributed by atoms with van der Waals surface area (Å²) in [7, 11) is 0. The quantitative estimate of drug-likeness (QED) is 0.334. The van der Waals surface area contributed by atoms with Gasteiger partial charge < -0.3 is 10.1 Å². The number of nitrogens with zero attached hydrogens (tertiary/aromatic N) is 1. The second-order valence-corrected chi connectivity index (χ2v) is 5.37. The van der Waals surface area contributed by atoms with E-state index in [1.54, 1.807) is 24.3 Å². The fourth-order valence-corrected chi connectivity index (χ4v) is 2.08. The minimum Gasteiger partial charge on any atom is -0.491 e. The third-order valence-corrected chi connectivity index (χ3v) is 3.43. The van der Waals surface area contributed by atoms with Gasteiger partial charge in [-0.2, -0.15) is 0 Å². The van der Waals surface area contributed by atoms with Gasteiger partial charge in [0.05, 0.1) is 17.2 Å². The Hall–Kier alpha value is -3.15. The molecule has 6 heteroatoms. The lowest BCUT2D eigenvalue weighted by Crippen LogP contribution is -2.09. The molecule has 2 aromatic carbocycles. The summed E-state index contributed by atoms with van der Waals surface area (Å²) >= 11 is 0. The first-order chi connectivity index (χ1) is 12.1. The van der Waals surface area contributed by atoms with Crippen molar-refractivity contribution in [3.05, 3.63) is 70.3 Å². The second kappa shape index (κ2) is 9.22. The molecule has 1 N–H and O–H groups in total. The van der Waals surface area contributed by atoms with E-state index in [0.717, 1.165) is 12.8 Å². The van der Waals surface area contributed by atoms with Crippen molar-refractivity contribution in [2.75, 3.05) is 11.9 Å². The van der Waals surface area contributed by atoms with Crippen molar-refractivity contribution >= 4 is 23.4 Å². The SMILES string of the molecule is CCCCOc1ccccc1NC(=O)/C=C/c1ccc([N+](=O)[O-])cc1. The molecule has 2 rings (SSSR count). The summed E-state index contributed by atoms with van der Waals surface area (Å²) in [5, 5.41) is 13.4. The van der Waals surface area contributed by atoms with Gasteiger partial charge >= 0.3 is 0 Å². The molecule has 0 spiro atoms. The highest BCUT2D eigenvalue weighted by molar-refractivity contribution is 6.02. The first-order valence-electron chi connectivity index (χ1n) is 8.05. The number of para-hydroxylation sites is 2. The van der Waals surface area contributed by atoms with Crippen LogP contribution in [0.5, 0.6) is 5.75 Å². The topological polar surface area (TPSA) is 81.5 Å². The van der Waals surface area contributed by atoms with E-state index in [-0.39, 0.29) is 11.6 Å². The molecule has 130 valence electrons. The lowest BCUT2D eigenvalue weighted by molar-refractivity contribution is -0.384. The Labute approximate surface area is 146 Å². The second-order valence-electron chi connectivity index (χ2n) is 5.37. The molecule has 2 aromatic rings. The summed E-state index contributed by atoms with van der Waals surface area (Å²) in [6, 6.07) is 13.2. The zero-order chi connectivity index (χ0) is 18.1. The number of ether oxygens (including phenoxy) is 1. The molecule has 0 fully saturated rings. The predicted octanol–water partition coefficient (Wildman–Crippen LogP) is 4.43. The van der Waals surface area contributed by atoms with Crippen molar-refractivity contribution < 1.29 is 14.5 Å². The number of hydrogen-bond acceptors (Lipinski definition) is 4. The average Bonchev–Trinajstić information content (AvgIpc) is 2.62. The molecule has 0 heterocycles. The maximum atomic E-state index is 12.1. The van der Waals surface area contributed by atoms with Crippen LogP contribution in [0.3, 0.4) is 0 Å². The summed E-state index contributed by atoms with van der Waals surface area (Å²) in [6.45, 7) is 2.68. The molecule has 1 amide bonds. The Balaban J connectivity index is 1.98. The van der Waals surface area contributed by atoms with E-state index in [1.165, 1.54) is 18.2 Å². The molecule has 0 bridgehead atoms. The highest BCUT2D eigenvalue weighted by Crippen LogP contribution is 2.24. The number of carbonyl (C=O) groups excluding carboxylic acids is 1. The molecule has 0 aliphatic heterocycles. The number of benzene rings is 2. The van der Waals surface area contributed by atoms with Crippen LogP contribution >= 0.6 is 0 Å². The minimum atomic E-state index is -0.463. The summed E-state index contributed by atoms with van der Waals surface area (Å²) in [6.07, 6.45) is 4.96. The number of carbonyl (C=O) groups is 1. The lowest BCUT2D eigenvalue weighted by Gasteiger charge is -2.11. The third-order valence-electron chi connectivity index (χ3n) is 3.43. The molecule has 0 aliphatic rings. The standard InChI is InChI=1S/C19H20N2O4/c1-2-3-14-25-18-7-5-4-6-17(18)20-19(22)13-10-15-8-11-16(12-9-15)21(23)24/h4-13H,2-3,14H2,1H3,(H,20,22)/b13-10+. The van der Waals surface area contributed by atoms with Crippen LogP contribution in [-0.4, -0.2) is 17.4 Å². The number of nitro groups is 1. The zero-order valence-corrected chi connectivity index (χ0v) is 14.0. The van der Waals surface area contributed by atoms with Crippen molar-refractivity contribution in [2.45, 2.75) is 19.8 Å². The Morgan fingerprint density at radius 2 is 1.92 bits per heavy atom. The Morgan fingerprint density at radius 1 is 1.20 bits per heavy atom. The van der Waals surface area contributed by atoms with Crippen LogP contribution < -0.4 is 10.1 Å². The van der Waals surface area contributed by atoms with Gasteiger partial charge in [0.15, 0.2) is 0 Å². The maximum absolute atomic E-state index is 12.1. The van der Waals surface area contributed by atoms with Crippen LogP contribution in [0, 0.1) is 10.1 Å². The summed E-state index contributed by atoms with van der Waals surface area (Å²) in [5.74, 6) is 0.331. The number of nitrogens with one attached hydrogen (secondary N) is 1. The van der Waals surface area contributed by atoms with Gasteiger partial charge in [0, 0.05) is 18.2 Å². The van der Waals surface area contributed by atoms with Crippen LogP contribution in [0.1, 0.15) is 25.3 Å². The first kappa shape index (κ1) is 18.2. The molecule has 0 unspecified atom stereocenters.